The summed E-state index contributed by atoms with van der Waals surface area (Å²) in [5.74, 6) is -0.110. The van der Waals surface area contributed by atoms with Gasteiger partial charge in [0.2, 0.25) is 0 Å². The van der Waals surface area contributed by atoms with Gasteiger partial charge in [0.15, 0.2) is 0 Å². The van der Waals surface area contributed by atoms with E-state index in [2.05, 4.69) is 31.1 Å². The minimum absolute atomic E-state index is 0.110. The van der Waals surface area contributed by atoms with Crippen molar-refractivity contribution in [2.24, 2.45) is 5.41 Å². The molecule has 2 rings (SSSR count). The molecule has 1 aromatic rings. The Morgan fingerprint density at radius 3 is 2.60 bits per heavy atom. The summed E-state index contributed by atoms with van der Waals surface area (Å²) in [6.45, 7) is 9.61. The largest absolute Gasteiger partial charge is 0.310 e. The van der Waals surface area contributed by atoms with Gasteiger partial charge >= 0.3 is 0 Å². The highest BCUT2D eigenvalue weighted by Gasteiger charge is 2.28. The molecule has 1 N–H and O–H groups in total. The molecule has 3 heteroatoms. The van der Waals surface area contributed by atoms with Crippen LogP contribution in [0.3, 0.4) is 0 Å². The molecule has 1 heterocycles. The first-order chi connectivity index (χ1) is 9.39. The minimum atomic E-state index is -0.110. The van der Waals surface area contributed by atoms with E-state index in [4.69, 9.17) is 0 Å². The third-order valence-corrected chi connectivity index (χ3v) is 4.73. The molecule has 0 aromatic heterocycles. The molecule has 1 aliphatic heterocycles. The minimum Gasteiger partial charge on any atom is -0.310 e. The quantitative estimate of drug-likeness (QED) is 0.906. The van der Waals surface area contributed by atoms with Crippen LogP contribution in [0.5, 0.6) is 0 Å². The van der Waals surface area contributed by atoms with Crippen LogP contribution in [0.15, 0.2) is 18.2 Å². The van der Waals surface area contributed by atoms with E-state index < -0.39 is 0 Å². The fraction of sp³-hybridized carbons (Fsp3) is 0.647. The molecule has 0 amide bonds. The number of rotatable bonds is 4. The van der Waals surface area contributed by atoms with Gasteiger partial charge < -0.3 is 10.2 Å². The molecule has 20 heavy (non-hydrogen) atoms. The lowest BCUT2D eigenvalue weighted by atomic mass is 9.80. The van der Waals surface area contributed by atoms with Crippen molar-refractivity contribution >= 4 is 0 Å². The smallest absolute Gasteiger partial charge is 0.126 e. The first kappa shape index (κ1) is 15.5. The molecule has 1 atom stereocenters. The van der Waals surface area contributed by atoms with Gasteiger partial charge in [0.1, 0.15) is 5.82 Å². The second-order valence-corrected chi connectivity index (χ2v) is 6.73. The van der Waals surface area contributed by atoms with E-state index >= 15 is 0 Å². The molecule has 0 bridgehead atoms. The molecule has 2 nitrogen and oxygen atoms in total. The average molecular weight is 278 g/mol. The van der Waals surface area contributed by atoms with Crippen LogP contribution in [0.1, 0.15) is 43.9 Å². The Balaban J connectivity index is 1.91. The zero-order valence-electron chi connectivity index (χ0n) is 13.2. The number of likely N-dealkylation sites (tertiary alicyclic amines) is 1. The zero-order chi connectivity index (χ0) is 14.8. The molecule has 1 fully saturated rings. The van der Waals surface area contributed by atoms with Crippen molar-refractivity contribution in [3.63, 3.8) is 0 Å². The third kappa shape index (κ3) is 3.80. The maximum Gasteiger partial charge on any atom is 0.126 e. The second-order valence-electron chi connectivity index (χ2n) is 6.73. The molecule has 0 saturated carbocycles. The number of aryl methyl sites for hydroxylation is 1. The zero-order valence-corrected chi connectivity index (χ0v) is 13.2. The Morgan fingerprint density at radius 2 is 2.00 bits per heavy atom. The monoisotopic (exact) mass is 278 g/mol. The van der Waals surface area contributed by atoms with Gasteiger partial charge in [0.05, 0.1) is 0 Å². The van der Waals surface area contributed by atoms with E-state index in [1.54, 1.807) is 13.0 Å². The average Bonchev–Trinajstić information content (AvgIpc) is 2.43. The summed E-state index contributed by atoms with van der Waals surface area (Å²) >= 11 is 0. The van der Waals surface area contributed by atoms with Gasteiger partial charge in [-0.05, 0) is 69.4 Å². The Morgan fingerprint density at radius 1 is 1.35 bits per heavy atom. The van der Waals surface area contributed by atoms with Gasteiger partial charge in [-0.1, -0.05) is 19.1 Å². The first-order valence-electron chi connectivity index (χ1n) is 7.58. The van der Waals surface area contributed by atoms with Crippen molar-refractivity contribution in [3.8, 4) is 0 Å². The van der Waals surface area contributed by atoms with Crippen molar-refractivity contribution in [2.45, 2.75) is 39.7 Å². The normalized spacial score (nSPS) is 20.9. The van der Waals surface area contributed by atoms with E-state index in [-0.39, 0.29) is 11.9 Å². The Hall–Kier alpha value is -0.930. The first-order valence-corrected chi connectivity index (χ1v) is 7.58. The number of nitrogens with one attached hydrogen (secondary N) is 1. The number of piperidine rings is 1. The Labute approximate surface area is 122 Å². The molecule has 1 aromatic carbocycles. The summed E-state index contributed by atoms with van der Waals surface area (Å²) in [4.78, 5) is 2.39. The molecule has 0 aliphatic carbocycles. The summed E-state index contributed by atoms with van der Waals surface area (Å²) in [6, 6.07) is 5.73. The fourth-order valence-electron chi connectivity index (χ4n) is 2.73. The molecular weight excluding hydrogens is 251 g/mol. The highest BCUT2D eigenvalue weighted by atomic mass is 19.1. The van der Waals surface area contributed by atoms with Crippen LogP contribution in [0.4, 0.5) is 4.39 Å². The summed E-state index contributed by atoms with van der Waals surface area (Å²) in [5.41, 5.74) is 2.11. The van der Waals surface area contributed by atoms with Gasteiger partial charge in [-0.15, -0.1) is 0 Å². The molecule has 1 saturated heterocycles. The van der Waals surface area contributed by atoms with Crippen LogP contribution in [-0.4, -0.2) is 31.6 Å². The number of nitrogens with zero attached hydrogens (tertiary/aromatic N) is 1. The lowest BCUT2D eigenvalue weighted by Gasteiger charge is -2.38. The maximum absolute atomic E-state index is 13.6. The summed E-state index contributed by atoms with van der Waals surface area (Å²) in [6.07, 6.45) is 2.46. The summed E-state index contributed by atoms with van der Waals surface area (Å²) in [5, 5.41) is 3.59. The highest BCUT2D eigenvalue weighted by Crippen LogP contribution is 2.30. The van der Waals surface area contributed by atoms with E-state index in [1.807, 2.05) is 12.1 Å². The predicted molar refractivity (Wildman–Crippen MR) is 82.4 cm³/mol. The molecule has 0 radical (unpaired) electrons. The summed E-state index contributed by atoms with van der Waals surface area (Å²) < 4.78 is 13.6. The molecular formula is C17H27FN2. The predicted octanol–water partition coefficient (Wildman–Crippen LogP) is 3.52. The number of hydrogen-bond acceptors (Lipinski definition) is 2. The van der Waals surface area contributed by atoms with Crippen LogP contribution < -0.4 is 5.32 Å². The van der Waals surface area contributed by atoms with Crippen molar-refractivity contribution in [3.05, 3.63) is 35.1 Å². The SMILES string of the molecule is Cc1ccc(C(C)NCC2(C)CCN(C)CC2)cc1F. The third-order valence-electron chi connectivity index (χ3n) is 4.73. The van der Waals surface area contributed by atoms with Gasteiger partial charge in [-0.25, -0.2) is 4.39 Å². The van der Waals surface area contributed by atoms with Crippen molar-refractivity contribution < 1.29 is 4.39 Å². The summed E-state index contributed by atoms with van der Waals surface area (Å²) in [7, 11) is 2.19. The molecule has 1 unspecified atom stereocenters. The van der Waals surface area contributed by atoms with Crippen LogP contribution in [0.2, 0.25) is 0 Å². The standard InChI is InChI=1S/C17H27FN2/c1-13-5-6-15(11-16(13)18)14(2)19-12-17(3)7-9-20(4)10-8-17/h5-6,11,14,19H,7-10,12H2,1-4H3. The second kappa shape index (κ2) is 6.23. The Bertz CT molecular complexity index is 450. The molecule has 1 aliphatic rings. The van der Waals surface area contributed by atoms with E-state index in [0.717, 1.165) is 12.1 Å². The van der Waals surface area contributed by atoms with E-state index in [0.29, 0.717) is 11.0 Å². The van der Waals surface area contributed by atoms with Crippen LogP contribution >= 0.6 is 0 Å². The van der Waals surface area contributed by atoms with Crippen LogP contribution in [0, 0.1) is 18.2 Å². The van der Waals surface area contributed by atoms with Gasteiger partial charge in [0.25, 0.3) is 0 Å². The number of hydrogen-bond donors (Lipinski definition) is 1. The lowest BCUT2D eigenvalue weighted by Crippen LogP contribution is -2.42. The van der Waals surface area contributed by atoms with Gasteiger partial charge in [-0.3, -0.25) is 0 Å². The Kier molecular flexibility index (Phi) is 4.82. The highest BCUT2D eigenvalue weighted by molar-refractivity contribution is 5.25. The van der Waals surface area contributed by atoms with E-state index in [9.17, 15) is 4.39 Å². The van der Waals surface area contributed by atoms with E-state index in [1.165, 1.54) is 25.9 Å². The van der Waals surface area contributed by atoms with Crippen molar-refractivity contribution in [1.29, 1.82) is 0 Å². The van der Waals surface area contributed by atoms with Crippen LogP contribution in [0.25, 0.3) is 0 Å². The number of benzene rings is 1. The topological polar surface area (TPSA) is 15.3 Å². The maximum atomic E-state index is 13.6. The van der Waals surface area contributed by atoms with Gasteiger partial charge in [-0.2, -0.15) is 0 Å². The molecule has 0 spiro atoms. The van der Waals surface area contributed by atoms with Crippen molar-refractivity contribution in [2.75, 3.05) is 26.7 Å². The van der Waals surface area contributed by atoms with Crippen LogP contribution in [-0.2, 0) is 0 Å². The fourth-order valence-corrected chi connectivity index (χ4v) is 2.73. The van der Waals surface area contributed by atoms with Crippen molar-refractivity contribution in [1.82, 2.24) is 10.2 Å². The lowest BCUT2D eigenvalue weighted by molar-refractivity contribution is 0.134. The van der Waals surface area contributed by atoms with Gasteiger partial charge in [0, 0.05) is 12.6 Å². The number of halogens is 1. The molecule has 112 valence electrons.